The van der Waals surface area contributed by atoms with Crippen LogP contribution in [0.4, 0.5) is 0 Å². The van der Waals surface area contributed by atoms with E-state index in [2.05, 4.69) is 66.8 Å². The normalized spacial score (nSPS) is 23.6. The van der Waals surface area contributed by atoms with E-state index in [1.54, 1.807) is 0 Å². The molecule has 0 radical (unpaired) electrons. The first-order valence-electron chi connectivity index (χ1n) is 7.94. The first kappa shape index (κ1) is 17.0. The van der Waals surface area contributed by atoms with Crippen LogP contribution in [0.1, 0.15) is 57.6 Å². The lowest BCUT2D eigenvalue weighted by Gasteiger charge is -2.33. The van der Waals surface area contributed by atoms with Crippen molar-refractivity contribution in [1.82, 2.24) is 4.90 Å². The zero-order valence-electron chi connectivity index (χ0n) is 13.7. The Kier molecular flexibility index (Phi) is 5.50. The zero-order valence-corrected chi connectivity index (χ0v) is 15.3. The molecule has 1 aliphatic rings. The molecule has 21 heavy (non-hydrogen) atoms. The van der Waals surface area contributed by atoms with Crippen LogP contribution in [0.15, 0.2) is 22.7 Å². The van der Waals surface area contributed by atoms with E-state index >= 15 is 0 Å². The second-order valence-electron chi connectivity index (χ2n) is 7.45. The highest BCUT2D eigenvalue weighted by atomic mass is 79.9. The third kappa shape index (κ3) is 4.54. The summed E-state index contributed by atoms with van der Waals surface area (Å²) in [7, 11) is 2.17. The van der Waals surface area contributed by atoms with Crippen molar-refractivity contribution in [3.63, 3.8) is 0 Å². The van der Waals surface area contributed by atoms with Crippen molar-refractivity contribution in [2.45, 2.75) is 70.6 Å². The van der Waals surface area contributed by atoms with Crippen LogP contribution in [0.2, 0.25) is 0 Å². The van der Waals surface area contributed by atoms with Crippen LogP contribution in [0.3, 0.4) is 0 Å². The Morgan fingerprint density at radius 1 is 1.29 bits per heavy atom. The number of benzene rings is 1. The van der Waals surface area contributed by atoms with Crippen molar-refractivity contribution in [3.05, 3.63) is 33.8 Å². The molecule has 0 saturated heterocycles. The molecule has 1 saturated carbocycles. The minimum Gasteiger partial charge on any atom is -0.393 e. The minimum atomic E-state index is -0.110. The molecule has 2 rings (SSSR count). The van der Waals surface area contributed by atoms with Gasteiger partial charge in [0, 0.05) is 17.1 Å². The molecule has 0 unspecified atom stereocenters. The number of hydrogen-bond donors (Lipinski definition) is 1. The third-order valence-corrected chi connectivity index (χ3v) is 5.17. The summed E-state index contributed by atoms with van der Waals surface area (Å²) in [5.41, 5.74) is 2.84. The van der Waals surface area contributed by atoms with Crippen LogP contribution in [0, 0.1) is 0 Å². The average Bonchev–Trinajstić information content (AvgIpc) is 2.37. The van der Waals surface area contributed by atoms with Crippen LogP contribution < -0.4 is 0 Å². The van der Waals surface area contributed by atoms with Gasteiger partial charge in [-0.15, -0.1) is 0 Å². The first-order valence-corrected chi connectivity index (χ1v) is 8.74. The predicted octanol–water partition coefficient (Wildman–Crippen LogP) is 4.48. The number of aliphatic hydroxyl groups excluding tert-OH is 1. The molecule has 1 aliphatic carbocycles. The van der Waals surface area contributed by atoms with Gasteiger partial charge in [0.2, 0.25) is 0 Å². The van der Waals surface area contributed by atoms with Gasteiger partial charge in [0.15, 0.2) is 0 Å². The number of rotatable bonds is 3. The zero-order chi connectivity index (χ0) is 15.6. The summed E-state index contributed by atoms with van der Waals surface area (Å²) in [5.74, 6) is 0. The van der Waals surface area contributed by atoms with Crippen LogP contribution in [0.25, 0.3) is 0 Å². The molecule has 0 amide bonds. The van der Waals surface area contributed by atoms with Crippen LogP contribution in [-0.4, -0.2) is 29.2 Å². The van der Waals surface area contributed by atoms with E-state index < -0.39 is 0 Å². The lowest BCUT2D eigenvalue weighted by molar-refractivity contribution is 0.0700. The highest BCUT2D eigenvalue weighted by Gasteiger charge is 2.24. The number of aliphatic hydroxyl groups is 1. The largest absolute Gasteiger partial charge is 0.393 e. The lowest BCUT2D eigenvalue weighted by atomic mass is 9.86. The maximum absolute atomic E-state index is 9.83. The van der Waals surface area contributed by atoms with E-state index in [1.165, 1.54) is 22.0 Å². The SMILES string of the molecule is CN(Cc1ccc(C(C)(C)C)c(Br)c1)[C@@H]1CCC[C@H](O)C1. The Morgan fingerprint density at radius 3 is 2.57 bits per heavy atom. The van der Waals surface area contributed by atoms with E-state index in [9.17, 15) is 5.11 Å². The Morgan fingerprint density at radius 2 is 2.00 bits per heavy atom. The summed E-state index contributed by atoms with van der Waals surface area (Å²) < 4.78 is 1.20. The molecule has 1 N–H and O–H groups in total. The van der Waals surface area contributed by atoms with E-state index in [-0.39, 0.29) is 11.5 Å². The highest BCUT2D eigenvalue weighted by Crippen LogP contribution is 2.31. The lowest BCUT2D eigenvalue weighted by Crippen LogP contribution is -2.37. The van der Waals surface area contributed by atoms with Gasteiger partial charge in [-0.2, -0.15) is 0 Å². The second kappa shape index (κ2) is 6.80. The summed E-state index contributed by atoms with van der Waals surface area (Å²) in [6, 6.07) is 7.23. The van der Waals surface area contributed by atoms with Gasteiger partial charge in [0.25, 0.3) is 0 Å². The molecule has 1 aromatic rings. The maximum Gasteiger partial charge on any atom is 0.0555 e. The van der Waals surface area contributed by atoms with Crippen molar-refractivity contribution < 1.29 is 5.11 Å². The van der Waals surface area contributed by atoms with Gasteiger partial charge in [0.05, 0.1) is 6.10 Å². The van der Waals surface area contributed by atoms with Crippen molar-refractivity contribution in [1.29, 1.82) is 0 Å². The van der Waals surface area contributed by atoms with E-state index in [0.717, 1.165) is 25.8 Å². The molecule has 0 heterocycles. The van der Waals surface area contributed by atoms with Gasteiger partial charge in [-0.1, -0.05) is 48.8 Å². The molecule has 2 nitrogen and oxygen atoms in total. The molecule has 118 valence electrons. The van der Waals surface area contributed by atoms with Gasteiger partial charge in [-0.25, -0.2) is 0 Å². The fraction of sp³-hybridized carbons (Fsp3) is 0.667. The molecule has 0 spiro atoms. The molecule has 0 bridgehead atoms. The van der Waals surface area contributed by atoms with Crippen molar-refractivity contribution in [2.75, 3.05) is 7.05 Å². The summed E-state index contributed by atoms with van der Waals surface area (Å²) in [5, 5.41) is 9.83. The van der Waals surface area contributed by atoms with Gasteiger partial charge in [-0.05, 0) is 55.3 Å². The smallest absolute Gasteiger partial charge is 0.0555 e. The maximum atomic E-state index is 9.83. The molecule has 3 heteroatoms. The van der Waals surface area contributed by atoms with Crippen molar-refractivity contribution >= 4 is 15.9 Å². The van der Waals surface area contributed by atoms with Crippen molar-refractivity contribution in [2.24, 2.45) is 0 Å². The molecule has 0 aromatic heterocycles. The van der Waals surface area contributed by atoms with Crippen LogP contribution in [-0.2, 0) is 12.0 Å². The fourth-order valence-corrected chi connectivity index (χ4v) is 4.24. The number of nitrogens with zero attached hydrogens (tertiary/aromatic N) is 1. The summed E-state index contributed by atoms with van der Waals surface area (Å²) >= 11 is 3.72. The quantitative estimate of drug-likeness (QED) is 0.865. The molecular weight excluding hydrogens is 326 g/mol. The molecule has 1 fully saturated rings. The average molecular weight is 354 g/mol. The van der Waals surface area contributed by atoms with E-state index in [0.29, 0.717) is 6.04 Å². The Labute approximate surface area is 137 Å². The third-order valence-electron chi connectivity index (χ3n) is 4.52. The summed E-state index contributed by atoms with van der Waals surface area (Å²) in [4.78, 5) is 2.39. The Hall–Kier alpha value is -0.380. The number of halogens is 1. The van der Waals surface area contributed by atoms with E-state index in [1.807, 2.05) is 0 Å². The first-order chi connectivity index (χ1) is 9.77. The van der Waals surface area contributed by atoms with E-state index in [4.69, 9.17) is 0 Å². The Balaban J connectivity index is 2.04. The molecule has 2 atom stereocenters. The summed E-state index contributed by atoms with van der Waals surface area (Å²) in [6.07, 6.45) is 4.12. The predicted molar refractivity (Wildman–Crippen MR) is 92.6 cm³/mol. The Bertz CT molecular complexity index is 481. The topological polar surface area (TPSA) is 23.5 Å². The fourth-order valence-electron chi connectivity index (χ4n) is 3.22. The standard InChI is InChI=1S/C18H28BrNO/c1-18(2,3)16-9-8-13(10-17(16)19)12-20(4)14-6-5-7-15(21)11-14/h8-10,14-15,21H,5-7,11-12H2,1-4H3/t14-,15+/m1/s1. The second-order valence-corrected chi connectivity index (χ2v) is 8.31. The highest BCUT2D eigenvalue weighted by molar-refractivity contribution is 9.10. The van der Waals surface area contributed by atoms with Crippen LogP contribution >= 0.6 is 15.9 Å². The minimum absolute atomic E-state index is 0.110. The molecule has 0 aliphatic heterocycles. The van der Waals surface area contributed by atoms with Crippen LogP contribution in [0.5, 0.6) is 0 Å². The molecular formula is C18H28BrNO. The molecule has 1 aromatic carbocycles. The van der Waals surface area contributed by atoms with Gasteiger partial charge >= 0.3 is 0 Å². The van der Waals surface area contributed by atoms with Gasteiger partial charge < -0.3 is 5.11 Å². The summed E-state index contributed by atoms with van der Waals surface area (Å²) in [6.45, 7) is 7.66. The van der Waals surface area contributed by atoms with Gasteiger partial charge in [0.1, 0.15) is 0 Å². The van der Waals surface area contributed by atoms with Gasteiger partial charge in [-0.3, -0.25) is 4.90 Å². The monoisotopic (exact) mass is 353 g/mol. The number of hydrogen-bond acceptors (Lipinski definition) is 2. The van der Waals surface area contributed by atoms with Crippen molar-refractivity contribution in [3.8, 4) is 0 Å².